The van der Waals surface area contributed by atoms with Crippen molar-refractivity contribution in [3.05, 3.63) is 181 Å². The lowest BCUT2D eigenvalue weighted by molar-refractivity contribution is 1.18. The van der Waals surface area contributed by atoms with Crippen LogP contribution in [0.4, 0.5) is 17.1 Å². The molecule has 0 spiro atoms. The van der Waals surface area contributed by atoms with E-state index in [1.807, 2.05) is 30.3 Å². The lowest BCUT2D eigenvalue weighted by atomic mass is 9.98. The Morgan fingerprint density at radius 1 is 0.490 bits per heavy atom. The van der Waals surface area contributed by atoms with E-state index in [4.69, 9.17) is 0 Å². The quantitative estimate of drug-likeness (QED) is 0.129. The fourth-order valence-corrected chi connectivity index (χ4v) is 8.55. The van der Waals surface area contributed by atoms with Crippen molar-refractivity contribution in [1.82, 2.24) is 4.57 Å². The second-order valence-electron chi connectivity index (χ2n) is 12.4. The minimum Gasteiger partial charge on any atom is -0.310 e. The molecule has 0 N–H and O–H groups in total. The molecule has 0 unspecified atom stereocenters. The number of rotatable bonds is 6. The first kappa shape index (κ1) is 25.9. The highest BCUT2D eigenvalue weighted by Gasteiger charge is 2.18. The average molecular weight is 645 g/mol. The summed E-state index contributed by atoms with van der Waals surface area (Å²) in [6, 6.07) is 59.5. The molecule has 0 saturated carbocycles. The van der Waals surface area contributed by atoms with Gasteiger partial charge >= 0.3 is 0 Å². The van der Waals surface area contributed by atoms with E-state index in [1.54, 1.807) is 11.3 Å². The van der Waals surface area contributed by atoms with E-state index in [2.05, 4.69) is 149 Å². The van der Waals surface area contributed by atoms with Crippen molar-refractivity contribution < 1.29 is 2.74 Å². The molecule has 2 aromatic heterocycles. The Hall–Kier alpha value is -6.16. The Bertz CT molecular complexity index is 2890. The Morgan fingerprint density at radius 3 is 1.90 bits per heavy atom. The van der Waals surface area contributed by atoms with Gasteiger partial charge in [0.05, 0.1) is 13.8 Å². The van der Waals surface area contributed by atoms with Crippen LogP contribution in [-0.2, 0) is 0 Å². The molecule has 0 radical (unpaired) electrons. The van der Waals surface area contributed by atoms with Crippen LogP contribution in [0.3, 0.4) is 0 Å². The van der Waals surface area contributed by atoms with Crippen molar-refractivity contribution in [3.63, 3.8) is 0 Å². The standard InChI is InChI=1S/C46H30N2S/c1-4-12-34(13-5-1)47(35-14-6-2-7-15-35)37-24-27-40-39-25-20-31(29-43(39)49-44(40)30-37)19-21-32-23-28-42-46-38(32)26-22-33-11-10-18-41(45(33)46)48(42)36-16-8-3-9-17-36/h1-30H/b21-19+/i19D,21D. The molecule has 2 nitrogen and oxygen atoms in total. The summed E-state index contributed by atoms with van der Waals surface area (Å²) in [6.07, 6.45) is 0. The first-order valence-corrected chi connectivity index (χ1v) is 17.3. The summed E-state index contributed by atoms with van der Waals surface area (Å²) in [5.41, 5.74) is 8.17. The number of nitrogens with zero attached hydrogens (tertiary/aromatic N) is 2. The number of fused-ring (bicyclic) bond motifs is 3. The van der Waals surface area contributed by atoms with Crippen LogP contribution in [0.25, 0.3) is 70.5 Å². The molecule has 0 saturated heterocycles. The Labute approximate surface area is 291 Å². The molecule has 8 aromatic carbocycles. The summed E-state index contributed by atoms with van der Waals surface area (Å²) in [6.45, 7) is 0. The molecule has 49 heavy (non-hydrogen) atoms. The van der Waals surface area contributed by atoms with Crippen molar-refractivity contribution in [2.24, 2.45) is 0 Å². The molecule has 0 aliphatic rings. The van der Waals surface area contributed by atoms with Gasteiger partial charge in [-0.25, -0.2) is 0 Å². The van der Waals surface area contributed by atoms with Crippen molar-refractivity contribution >= 4 is 93.3 Å². The number of hydrogen-bond acceptors (Lipinski definition) is 2. The van der Waals surface area contributed by atoms with E-state index in [0.29, 0.717) is 0 Å². The monoisotopic (exact) mass is 644 g/mol. The predicted octanol–water partition coefficient (Wildman–Crippen LogP) is 13.4. The maximum atomic E-state index is 9.38. The van der Waals surface area contributed by atoms with Gasteiger partial charge in [0.15, 0.2) is 0 Å². The summed E-state index contributed by atoms with van der Waals surface area (Å²) < 4.78 is 23.3. The molecule has 2 heterocycles. The SMILES string of the molecule is [2H]/C(=C(/[2H])c1ccc2c3c1ccc1cccc(c13)n2-c1ccccc1)c1ccc2c(c1)sc1cc(N(c3ccccc3)c3ccccc3)ccc12. The van der Waals surface area contributed by atoms with Crippen molar-refractivity contribution in [1.29, 1.82) is 0 Å². The molecule has 0 fully saturated rings. The number of benzene rings is 8. The Morgan fingerprint density at radius 2 is 1.14 bits per heavy atom. The van der Waals surface area contributed by atoms with Crippen LogP contribution in [0.5, 0.6) is 0 Å². The van der Waals surface area contributed by atoms with Gasteiger partial charge in [-0.05, 0) is 88.6 Å². The van der Waals surface area contributed by atoms with Crippen LogP contribution in [0, 0.1) is 0 Å². The van der Waals surface area contributed by atoms with Gasteiger partial charge in [-0.2, -0.15) is 0 Å². The van der Waals surface area contributed by atoms with Gasteiger partial charge in [0, 0.05) is 53.7 Å². The number of para-hydroxylation sites is 3. The van der Waals surface area contributed by atoms with Crippen LogP contribution in [0.2, 0.25) is 0 Å². The van der Waals surface area contributed by atoms with Gasteiger partial charge in [-0.3, -0.25) is 0 Å². The second-order valence-corrected chi connectivity index (χ2v) is 13.5. The zero-order valence-electron chi connectivity index (χ0n) is 28.5. The molecule has 230 valence electrons. The zero-order chi connectivity index (χ0) is 34.1. The van der Waals surface area contributed by atoms with Crippen LogP contribution in [0.1, 0.15) is 13.9 Å². The topological polar surface area (TPSA) is 8.17 Å². The fourth-order valence-electron chi connectivity index (χ4n) is 7.38. The normalized spacial score (nSPS) is 13.0. The van der Waals surface area contributed by atoms with Crippen molar-refractivity contribution in [2.45, 2.75) is 0 Å². The maximum absolute atomic E-state index is 9.38. The second kappa shape index (κ2) is 11.2. The summed E-state index contributed by atoms with van der Waals surface area (Å²) in [5.74, 6) is 0. The van der Waals surface area contributed by atoms with Gasteiger partial charge in [0.1, 0.15) is 0 Å². The Balaban J connectivity index is 1.08. The minimum absolute atomic E-state index is 0.218. The molecule has 10 aromatic rings. The van der Waals surface area contributed by atoms with Gasteiger partial charge in [0.25, 0.3) is 0 Å². The highest BCUT2D eigenvalue weighted by atomic mass is 32.1. The lowest BCUT2D eigenvalue weighted by Gasteiger charge is -2.25. The third kappa shape index (κ3) is 4.55. The van der Waals surface area contributed by atoms with Gasteiger partial charge in [-0.1, -0.05) is 115 Å². The van der Waals surface area contributed by atoms with Crippen molar-refractivity contribution in [2.75, 3.05) is 4.90 Å². The fraction of sp³-hybridized carbons (Fsp3) is 0. The zero-order valence-corrected chi connectivity index (χ0v) is 27.3. The van der Waals surface area contributed by atoms with Crippen molar-refractivity contribution in [3.8, 4) is 5.69 Å². The van der Waals surface area contributed by atoms with E-state index in [1.165, 1.54) is 20.9 Å². The lowest BCUT2D eigenvalue weighted by Crippen LogP contribution is -2.09. The smallest absolute Gasteiger partial charge is 0.0629 e. The van der Waals surface area contributed by atoms with E-state index >= 15 is 0 Å². The molecule has 10 rings (SSSR count). The summed E-state index contributed by atoms with van der Waals surface area (Å²) in [7, 11) is 0. The number of thiophene rings is 1. The van der Waals surface area contributed by atoms with E-state index in [9.17, 15) is 2.74 Å². The van der Waals surface area contributed by atoms with Gasteiger partial charge < -0.3 is 9.47 Å². The maximum Gasteiger partial charge on any atom is 0.0629 e. The number of hydrogen-bond donors (Lipinski definition) is 0. The highest BCUT2D eigenvalue weighted by Crippen LogP contribution is 2.42. The molecule has 0 aliphatic heterocycles. The molecule has 0 bridgehead atoms. The third-order valence-corrected chi connectivity index (χ3v) is 10.7. The molecule has 3 heteroatoms. The van der Waals surface area contributed by atoms with E-state index in [-0.39, 0.29) is 12.1 Å². The van der Waals surface area contributed by atoms with Gasteiger partial charge in [-0.15, -0.1) is 11.3 Å². The highest BCUT2D eigenvalue weighted by molar-refractivity contribution is 7.25. The first-order chi connectivity index (χ1) is 25.1. The van der Waals surface area contributed by atoms with E-state index < -0.39 is 0 Å². The first-order valence-electron chi connectivity index (χ1n) is 17.5. The van der Waals surface area contributed by atoms with Crippen LogP contribution >= 0.6 is 11.3 Å². The summed E-state index contributed by atoms with van der Waals surface area (Å²) in [4.78, 5) is 2.28. The number of aromatic nitrogens is 1. The van der Waals surface area contributed by atoms with Crippen LogP contribution in [0.15, 0.2) is 170 Å². The molecular formula is C46H30N2S. The van der Waals surface area contributed by atoms with Crippen LogP contribution in [-0.4, -0.2) is 4.57 Å². The molecular weight excluding hydrogens is 613 g/mol. The predicted molar refractivity (Wildman–Crippen MR) is 212 cm³/mol. The van der Waals surface area contributed by atoms with E-state index in [0.717, 1.165) is 65.8 Å². The summed E-state index contributed by atoms with van der Waals surface area (Å²) >= 11 is 1.73. The molecule has 0 amide bonds. The third-order valence-electron chi connectivity index (χ3n) is 9.56. The number of anilines is 3. The Kier molecular flexibility index (Phi) is 5.93. The van der Waals surface area contributed by atoms with Gasteiger partial charge in [0.2, 0.25) is 0 Å². The van der Waals surface area contributed by atoms with Crippen LogP contribution < -0.4 is 4.90 Å². The summed E-state index contributed by atoms with van der Waals surface area (Å²) in [5, 5.41) is 6.86. The minimum atomic E-state index is 0.218. The molecule has 0 atom stereocenters. The average Bonchev–Trinajstić information content (AvgIpc) is 3.73. The molecule has 0 aliphatic carbocycles. The largest absolute Gasteiger partial charge is 0.310 e.